The number of carbonyl (C=O) groups is 1. The van der Waals surface area contributed by atoms with E-state index in [9.17, 15) is 9.59 Å². The highest BCUT2D eigenvalue weighted by Gasteiger charge is 2.18. The summed E-state index contributed by atoms with van der Waals surface area (Å²) in [7, 11) is 0. The fourth-order valence-corrected chi connectivity index (χ4v) is 4.00. The summed E-state index contributed by atoms with van der Waals surface area (Å²) in [5, 5.41) is 0.554. The fraction of sp³-hybridized carbons (Fsp3) is 0.316. The molecule has 0 saturated heterocycles. The third-order valence-corrected chi connectivity index (χ3v) is 5.59. The Bertz CT molecular complexity index is 992. The summed E-state index contributed by atoms with van der Waals surface area (Å²) in [5.74, 6) is -0.418. The zero-order valence-corrected chi connectivity index (χ0v) is 17.0. The second-order valence-corrected chi connectivity index (χ2v) is 8.09. The van der Waals surface area contributed by atoms with Gasteiger partial charge >= 0.3 is 5.97 Å². The van der Waals surface area contributed by atoms with E-state index in [1.807, 2.05) is 38.1 Å². The number of aromatic nitrogens is 2. The summed E-state index contributed by atoms with van der Waals surface area (Å²) in [6.45, 7) is 4.26. The molecule has 3 aromatic rings. The first-order valence-corrected chi connectivity index (χ1v) is 10.0. The van der Waals surface area contributed by atoms with E-state index in [0.29, 0.717) is 16.8 Å². The minimum atomic E-state index is -0.418. The molecule has 1 aromatic carbocycles. The summed E-state index contributed by atoms with van der Waals surface area (Å²) >= 11 is 4.91. The molecule has 3 rings (SSSR count). The largest absolute Gasteiger partial charge is 0.464 e. The molecule has 0 atom stereocenters. The van der Waals surface area contributed by atoms with Crippen molar-refractivity contribution in [2.45, 2.75) is 33.2 Å². The number of ether oxygens (including phenoxy) is 1. The van der Waals surface area contributed by atoms with Crippen LogP contribution in [-0.2, 0) is 16.1 Å². The Morgan fingerprint density at radius 1 is 1.31 bits per heavy atom. The first-order chi connectivity index (χ1) is 12.5. The smallest absolute Gasteiger partial charge is 0.326 e. The van der Waals surface area contributed by atoms with Crippen LogP contribution in [0.4, 0.5) is 0 Å². The molecule has 0 saturated carbocycles. The Morgan fingerprint density at radius 2 is 2.04 bits per heavy atom. The molecule has 2 heterocycles. The Balaban J connectivity index is 2.00. The van der Waals surface area contributed by atoms with Crippen LogP contribution >= 0.6 is 27.3 Å². The molecule has 0 bridgehead atoms. The van der Waals surface area contributed by atoms with Gasteiger partial charge < -0.3 is 4.74 Å². The van der Waals surface area contributed by atoms with E-state index in [1.165, 1.54) is 22.2 Å². The first-order valence-electron chi connectivity index (χ1n) is 8.41. The standard InChI is InChI=1S/C19H19BrN2O3S/c1-3-4-9-25-15(23)10-22-11-21-18-17(19(22)24)16(12(2)26-18)13-5-7-14(20)8-6-13/h5-8,11H,3-4,9-10H2,1-2H3. The van der Waals surface area contributed by atoms with Crippen LogP contribution in [0.15, 0.2) is 39.9 Å². The maximum absolute atomic E-state index is 13.0. The molecule has 0 aliphatic heterocycles. The normalized spacial score (nSPS) is 11.0. The Kier molecular flexibility index (Phi) is 5.88. The number of fused-ring (bicyclic) bond motifs is 1. The molecule has 0 radical (unpaired) electrons. The van der Waals surface area contributed by atoms with Gasteiger partial charge in [0.1, 0.15) is 11.4 Å². The van der Waals surface area contributed by atoms with Crippen LogP contribution in [0, 0.1) is 6.92 Å². The van der Waals surface area contributed by atoms with Crippen LogP contribution in [0.3, 0.4) is 0 Å². The van der Waals surface area contributed by atoms with Crippen LogP contribution in [0.5, 0.6) is 0 Å². The molecule has 7 heteroatoms. The summed E-state index contributed by atoms with van der Waals surface area (Å²) in [6, 6.07) is 7.82. The molecule has 0 amide bonds. The average molecular weight is 435 g/mol. The number of hydrogen-bond acceptors (Lipinski definition) is 5. The molecular weight excluding hydrogens is 416 g/mol. The molecule has 0 aliphatic rings. The third-order valence-electron chi connectivity index (χ3n) is 4.05. The summed E-state index contributed by atoms with van der Waals surface area (Å²) in [6.07, 6.45) is 3.19. The number of benzene rings is 1. The lowest BCUT2D eigenvalue weighted by Gasteiger charge is -2.07. The van der Waals surface area contributed by atoms with Gasteiger partial charge in [-0.25, -0.2) is 4.98 Å². The summed E-state index contributed by atoms with van der Waals surface area (Å²) in [4.78, 5) is 31.0. The molecule has 2 aromatic heterocycles. The Hall–Kier alpha value is -1.99. The lowest BCUT2D eigenvalue weighted by Crippen LogP contribution is -2.25. The predicted molar refractivity (Wildman–Crippen MR) is 108 cm³/mol. The van der Waals surface area contributed by atoms with Gasteiger partial charge in [0, 0.05) is 14.9 Å². The highest BCUT2D eigenvalue weighted by Crippen LogP contribution is 2.35. The molecular formula is C19H19BrN2O3S. The maximum Gasteiger partial charge on any atom is 0.326 e. The number of esters is 1. The van der Waals surface area contributed by atoms with E-state index in [0.717, 1.165) is 33.3 Å². The fourth-order valence-electron chi connectivity index (χ4n) is 2.73. The van der Waals surface area contributed by atoms with Crippen molar-refractivity contribution in [1.82, 2.24) is 9.55 Å². The van der Waals surface area contributed by atoms with Gasteiger partial charge in [-0.2, -0.15) is 0 Å². The second-order valence-electron chi connectivity index (χ2n) is 5.97. The number of thiophene rings is 1. The van der Waals surface area contributed by atoms with E-state index in [2.05, 4.69) is 20.9 Å². The van der Waals surface area contributed by atoms with E-state index in [1.54, 1.807) is 0 Å². The van der Waals surface area contributed by atoms with Crippen molar-refractivity contribution in [2.24, 2.45) is 0 Å². The van der Waals surface area contributed by atoms with Crippen molar-refractivity contribution in [1.29, 1.82) is 0 Å². The predicted octanol–water partition coefficient (Wildman–Crippen LogP) is 4.54. The maximum atomic E-state index is 13.0. The zero-order chi connectivity index (χ0) is 18.7. The van der Waals surface area contributed by atoms with Gasteiger partial charge in [-0.15, -0.1) is 11.3 Å². The lowest BCUT2D eigenvalue weighted by atomic mass is 10.0. The van der Waals surface area contributed by atoms with Gasteiger partial charge in [-0.3, -0.25) is 14.2 Å². The van der Waals surface area contributed by atoms with Gasteiger partial charge in [0.05, 0.1) is 18.3 Å². The first kappa shape index (κ1) is 18.8. The van der Waals surface area contributed by atoms with Crippen LogP contribution < -0.4 is 5.56 Å². The minimum Gasteiger partial charge on any atom is -0.464 e. The van der Waals surface area contributed by atoms with Gasteiger partial charge in [-0.1, -0.05) is 41.4 Å². The van der Waals surface area contributed by atoms with E-state index in [-0.39, 0.29) is 12.1 Å². The van der Waals surface area contributed by atoms with Crippen LogP contribution in [-0.4, -0.2) is 22.1 Å². The molecule has 26 heavy (non-hydrogen) atoms. The van der Waals surface area contributed by atoms with Crippen molar-refractivity contribution in [3.63, 3.8) is 0 Å². The topological polar surface area (TPSA) is 61.2 Å². The van der Waals surface area contributed by atoms with Gasteiger partial charge in [0.2, 0.25) is 0 Å². The van der Waals surface area contributed by atoms with Gasteiger partial charge in [0.15, 0.2) is 0 Å². The van der Waals surface area contributed by atoms with Gasteiger partial charge in [-0.05, 0) is 31.0 Å². The molecule has 5 nitrogen and oxygen atoms in total. The van der Waals surface area contributed by atoms with E-state index < -0.39 is 5.97 Å². The number of hydrogen-bond donors (Lipinski definition) is 0. The Morgan fingerprint density at radius 3 is 2.73 bits per heavy atom. The number of halogens is 1. The highest BCUT2D eigenvalue weighted by molar-refractivity contribution is 9.10. The third kappa shape index (κ3) is 3.88. The highest BCUT2D eigenvalue weighted by atomic mass is 79.9. The van der Waals surface area contributed by atoms with Crippen molar-refractivity contribution in [3.8, 4) is 11.1 Å². The zero-order valence-electron chi connectivity index (χ0n) is 14.6. The number of rotatable bonds is 6. The van der Waals surface area contributed by atoms with E-state index in [4.69, 9.17) is 4.74 Å². The number of nitrogens with zero attached hydrogens (tertiary/aromatic N) is 2. The summed E-state index contributed by atoms with van der Waals surface area (Å²) < 4.78 is 7.46. The van der Waals surface area contributed by atoms with Gasteiger partial charge in [0.25, 0.3) is 5.56 Å². The quantitative estimate of drug-likeness (QED) is 0.421. The molecule has 136 valence electrons. The van der Waals surface area contributed by atoms with Crippen molar-refractivity contribution < 1.29 is 9.53 Å². The van der Waals surface area contributed by atoms with Crippen LogP contribution in [0.25, 0.3) is 21.3 Å². The SMILES string of the molecule is CCCCOC(=O)Cn1cnc2sc(C)c(-c3ccc(Br)cc3)c2c1=O. The molecule has 0 fully saturated rings. The van der Waals surface area contributed by atoms with E-state index >= 15 is 0 Å². The van der Waals surface area contributed by atoms with Crippen molar-refractivity contribution in [2.75, 3.05) is 6.61 Å². The average Bonchev–Trinajstić information content (AvgIpc) is 2.95. The second kappa shape index (κ2) is 8.14. The molecule has 0 unspecified atom stereocenters. The lowest BCUT2D eigenvalue weighted by molar-refractivity contribution is -0.144. The number of carbonyl (C=O) groups excluding carboxylic acids is 1. The Labute approximate surface area is 163 Å². The van der Waals surface area contributed by atoms with Crippen molar-refractivity contribution >= 4 is 43.5 Å². The monoisotopic (exact) mass is 434 g/mol. The number of aryl methyl sites for hydroxylation is 1. The minimum absolute atomic E-state index is 0.125. The van der Waals surface area contributed by atoms with Crippen LogP contribution in [0.1, 0.15) is 24.6 Å². The summed E-state index contributed by atoms with van der Waals surface area (Å²) in [5.41, 5.74) is 1.62. The molecule has 0 aliphatic carbocycles. The molecule has 0 N–H and O–H groups in total. The number of unbranched alkanes of at least 4 members (excludes halogenated alkanes) is 1. The van der Waals surface area contributed by atoms with Crippen molar-refractivity contribution in [3.05, 3.63) is 50.3 Å². The molecule has 0 spiro atoms. The van der Waals surface area contributed by atoms with Crippen LogP contribution in [0.2, 0.25) is 0 Å².